The van der Waals surface area contributed by atoms with E-state index in [9.17, 15) is 22.8 Å². The molecule has 2 amide bonds. The average Bonchev–Trinajstić information content (AvgIpc) is 2.91. The fourth-order valence-corrected chi connectivity index (χ4v) is 4.64. The molecule has 1 aliphatic heterocycles. The summed E-state index contributed by atoms with van der Waals surface area (Å²) in [4.78, 5) is 30.8. The fourth-order valence-electron chi connectivity index (χ4n) is 4.64. The van der Waals surface area contributed by atoms with Crippen LogP contribution < -0.4 is 0 Å². The second-order valence-electron chi connectivity index (χ2n) is 11.2. The molecule has 10 heteroatoms. The fraction of sp³-hybridized carbons (Fsp3) is 0.484. The van der Waals surface area contributed by atoms with E-state index in [1.165, 1.54) is 46.7 Å². The quantitative estimate of drug-likeness (QED) is 0.344. The van der Waals surface area contributed by atoms with Gasteiger partial charge in [-0.05, 0) is 61.6 Å². The molecule has 0 bridgehead atoms. The predicted molar refractivity (Wildman–Crippen MR) is 152 cm³/mol. The van der Waals surface area contributed by atoms with E-state index < -0.39 is 29.3 Å². The summed E-state index contributed by atoms with van der Waals surface area (Å²) in [5.74, 6) is -0.449. The molecule has 0 N–H and O–H groups in total. The van der Waals surface area contributed by atoms with Crippen molar-refractivity contribution in [2.24, 2.45) is 0 Å². The van der Waals surface area contributed by atoms with Gasteiger partial charge in [-0.25, -0.2) is 4.79 Å². The number of nitrogens with zero attached hydrogens (tertiary/aromatic N) is 3. The van der Waals surface area contributed by atoms with Crippen LogP contribution in [0.25, 0.3) is 6.08 Å². The Balaban J connectivity index is 1.81. The summed E-state index contributed by atoms with van der Waals surface area (Å²) in [6, 6.07) is 11.2. The van der Waals surface area contributed by atoms with Crippen LogP contribution in [0.15, 0.2) is 48.5 Å². The van der Waals surface area contributed by atoms with Crippen LogP contribution in [0.3, 0.4) is 0 Å². The largest absolute Gasteiger partial charge is 0.444 e. The lowest BCUT2D eigenvalue weighted by molar-refractivity contribution is -0.139. The molecule has 0 aliphatic carbocycles. The van der Waals surface area contributed by atoms with Crippen molar-refractivity contribution in [3.8, 4) is 0 Å². The molecule has 3 rings (SSSR count). The highest BCUT2D eigenvalue weighted by molar-refractivity contribution is 5.92. The maximum absolute atomic E-state index is 13.7. The molecule has 7 nitrogen and oxygen atoms in total. The summed E-state index contributed by atoms with van der Waals surface area (Å²) >= 11 is 0. The molecule has 41 heavy (non-hydrogen) atoms. The van der Waals surface area contributed by atoms with E-state index in [0.717, 1.165) is 43.2 Å². The van der Waals surface area contributed by atoms with Gasteiger partial charge in [-0.1, -0.05) is 36.4 Å². The third-order valence-corrected chi connectivity index (χ3v) is 6.80. The lowest BCUT2D eigenvalue weighted by Gasteiger charge is -2.29. The molecule has 0 spiro atoms. The van der Waals surface area contributed by atoms with Crippen molar-refractivity contribution < 1.29 is 32.2 Å². The van der Waals surface area contributed by atoms with Gasteiger partial charge in [0.15, 0.2) is 0 Å². The average molecular weight is 576 g/mol. The van der Waals surface area contributed by atoms with Crippen molar-refractivity contribution in [2.75, 3.05) is 46.9 Å². The first-order valence-corrected chi connectivity index (χ1v) is 13.7. The lowest BCUT2D eigenvalue weighted by Crippen LogP contribution is -2.40. The predicted octanol–water partition coefficient (Wildman–Crippen LogP) is 5.62. The summed E-state index contributed by atoms with van der Waals surface area (Å²) in [6.45, 7) is 8.21. The van der Waals surface area contributed by atoms with Gasteiger partial charge < -0.3 is 19.3 Å². The van der Waals surface area contributed by atoms with Crippen molar-refractivity contribution in [3.05, 3.63) is 76.4 Å². The maximum Gasteiger partial charge on any atom is 0.416 e. The number of hydrogen-bond acceptors (Lipinski definition) is 5. The molecule has 0 saturated carbocycles. The molecular weight excluding hydrogens is 535 g/mol. The highest BCUT2D eigenvalue weighted by atomic mass is 19.4. The molecule has 2 aromatic carbocycles. The molecule has 1 heterocycles. The van der Waals surface area contributed by atoms with Gasteiger partial charge in [-0.15, -0.1) is 0 Å². The second kappa shape index (κ2) is 14.0. The van der Waals surface area contributed by atoms with Crippen LogP contribution in [0.5, 0.6) is 0 Å². The Kier molecular flexibility index (Phi) is 11.0. The molecule has 0 unspecified atom stereocenters. The molecule has 224 valence electrons. The van der Waals surface area contributed by atoms with Gasteiger partial charge in [0.25, 0.3) is 0 Å². The van der Waals surface area contributed by atoms with E-state index in [4.69, 9.17) is 9.47 Å². The third-order valence-electron chi connectivity index (χ3n) is 6.80. The Labute approximate surface area is 240 Å². The molecular formula is C31H40F3N3O4. The van der Waals surface area contributed by atoms with Crippen molar-refractivity contribution in [2.45, 2.75) is 52.1 Å². The Bertz CT molecular complexity index is 1220. The highest BCUT2D eigenvalue weighted by Gasteiger charge is 2.33. The number of alkyl halides is 3. The smallest absolute Gasteiger partial charge is 0.416 e. The molecule has 0 radical (unpaired) electrons. The summed E-state index contributed by atoms with van der Waals surface area (Å²) in [7, 11) is 3.21. The van der Waals surface area contributed by atoms with Crippen molar-refractivity contribution in [1.29, 1.82) is 0 Å². The molecule has 0 aromatic heterocycles. The minimum Gasteiger partial charge on any atom is -0.444 e. The van der Waals surface area contributed by atoms with Gasteiger partial charge in [0, 0.05) is 59.5 Å². The second-order valence-corrected chi connectivity index (χ2v) is 11.2. The number of methoxy groups -OCH3 is 1. The number of amides is 2. The topological polar surface area (TPSA) is 62.3 Å². The summed E-state index contributed by atoms with van der Waals surface area (Å²) in [6.07, 6.45) is -1.19. The summed E-state index contributed by atoms with van der Waals surface area (Å²) in [5, 5.41) is 0. The van der Waals surface area contributed by atoms with Gasteiger partial charge >= 0.3 is 12.3 Å². The number of carbonyl (C=O) groups excluding carboxylic acids is 2. The number of ether oxygens (including phenoxy) is 2. The van der Waals surface area contributed by atoms with E-state index in [-0.39, 0.29) is 25.2 Å². The van der Waals surface area contributed by atoms with Crippen molar-refractivity contribution in [3.63, 3.8) is 0 Å². The zero-order valence-corrected chi connectivity index (χ0v) is 24.5. The monoisotopic (exact) mass is 575 g/mol. The Morgan fingerprint density at radius 3 is 2.46 bits per heavy atom. The van der Waals surface area contributed by atoms with Crippen LogP contribution in [0.2, 0.25) is 0 Å². The zero-order chi connectivity index (χ0) is 30.2. The molecule has 0 fully saturated rings. The minimum atomic E-state index is -4.56. The van der Waals surface area contributed by atoms with E-state index in [0.29, 0.717) is 6.61 Å². The van der Waals surface area contributed by atoms with Crippen molar-refractivity contribution >= 4 is 18.1 Å². The number of likely N-dealkylation sites (N-methyl/N-ethyl adjacent to an activating group) is 1. The van der Waals surface area contributed by atoms with Gasteiger partial charge in [0.05, 0.1) is 12.2 Å². The minimum absolute atomic E-state index is 0.0186. The molecule has 1 aliphatic rings. The van der Waals surface area contributed by atoms with Crippen LogP contribution in [0.1, 0.15) is 48.6 Å². The maximum atomic E-state index is 13.7. The van der Waals surface area contributed by atoms with Crippen LogP contribution >= 0.6 is 0 Å². The number of carbonyl (C=O) groups is 2. The lowest BCUT2D eigenvalue weighted by atomic mass is 9.94. The Hall–Kier alpha value is -3.37. The standard InChI is InChI=1S/C31H40F3N3O4/c1-30(2,3)41-29(39)35(4)17-18-37(22-25-9-6-7-12-27(25)31(32,33)34)28(38)14-13-23-10-8-11-24-21-36(19-20-40-5)16-15-26(23)24/h6-14H,15-22H2,1-5H3/b14-13+. The van der Waals surface area contributed by atoms with E-state index in [1.54, 1.807) is 34.0 Å². The zero-order valence-electron chi connectivity index (χ0n) is 24.5. The summed E-state index contributed by atoms with van der Waals surface area (Å²) < 4.78 is 51.7. The highest BCUT2D eigenvalue weighted by Crippen LogP contribution is 2.32. The molecule has 2 aromatic rings. The molecule has 0 saturated heterocycles. The van der Waals surface area contributed by atoms with Crippen LogP contribution in [-0.2, 0) is 40.0 Å². The van der Waals surface area contributed by atoms with Gasteiger partial charge in [-0.3, -0.25) is 9.69 Å². The number of fused-ring (bicyclic) bond motifs is 1. The first kappa shape index (κ1) is 32.1. The number of benzene rings is 2. The normalized spacial score (nSPS) is 14.1. The van der Waals surface area contributed by atoms with E-state index in [1.807, 2.05) is 12.1 Å². The SMILES string of the molecule is COCCN1CCc2c(/C=C/C(=O)N(CCN(C)C(=O)OC(C)(C)C)Cc3ccccc3C(F)(F)F)cccc2C1. The van der Waals surface area contributed by atoms with Gasteiger partial charge in [-0.2, -0.15) is 13.2 Å². The first-order chi connectivity index (χ1) is 19.3. The Morgan fingerprint density at radius 1 is 1.05 bits per heavy atom. The number of halogens is 3. The third kappa shape index (κ3) is 9.60. The van der Waals surface area contributed by atoms with Gasteiger partial charge in [0.2, 0.25) is 5.91 Å². The summed E-state index contributed by atoms with van der Waals surface area (Å²) in [5.41, 5.74) is 1.72. The first-order valence-electron chi connectivity index (χ1n) is 13.7. The van der Waals surface area contributed by atoms with Crippen LogP contribution in [0, 0.1) is 0 Å². The van der Waals surface area contributed by atoms with E-state index >= 15 is 0 Å². The van der Waals surface area contributed by atoms with Crippen LogP contribution in [-0.4, -0.2) is 79.2 Å². The molecule has 0 atom stereocenters. The van der Waals surface area contributed by atoms with E-state index in [2.05, 4.69) is 11.0 Å². The van der Waals surface area contributed by atoms with Crippen molar-refractivity contribution in [1.82, 2.24) is 14.7 Å². The van der Waals surface area contributed by atoms with Crippen LogP contribution in [0.4, 0.5) is 18.0 Å². The number of rotatable bonds is 10. The van der Waals surface area contributed by atoms with Gasteiger partial charge in [0.1, 0.15) is 5.60 Å². The Morgan fingerprint density at radius 2 is 1.78 bits per heavy atom. The number of hydrogen-bond donors (Lipinski definition) is 0.